The molecule has 0 aliphatic rings. The van der Waals surface area contributed by atoms with Gasteiger partial charge in [-0.25, -0.2) is 4.98 Å². The minimum Gasteiger partial charge on any atom is -0.380 e. The standard InChI is InChI=1S/C19H26N4O3S/c1-13(24)21-9-3-4-14-5-7-15(8-6-14)17-12-27-19(22-17)23-18(25)10-16(11-20)26-2/h5-8,12,16H,3-4,9-11,20H2,1-2H3,(H,21,24)(H,22,23,25). The number of nitrogens with zero attached hydrogens (tertiary/aromatic N) is 1. The Hall–Kier alpha value is -2.29. The molecular weight excluding hydrogens is 364 g/mol. The van der Waals surface area contributed by atoms with Crippen molar-refractivity contribution in [2.45, 2.75) is 32.3 Å². The van der Waals surface area contributed by atoms with Crippen LogP contribution in [-0.2, 0) is 20.7 Å². The number of carbonyl (C=O) groups is 2. The van der Waals surface area contributed by atoms with E-state index in [0.717, 1.165) is 24.1 Å². The highest BCUT2D eigenvalue weighted by Gasteiger charge is 2.13. The number of anilines is 1. The average molecular weight is 391 g/mol. The van der Waals surface area contributed by atoms with E-state index < -0.39 is 0 Å². The molecule has 1 unspecified atom stereocenters. The highest BCUT2D eigenvalue weighted by molar-refractivity contribution is 7.14. The normalized spacial score (nSPS) is 11.8. The summed E-state index contributed by atoms with van der Waals surface area (Å²) in [6.45, 7) is 2.50. The second kappa shape index (κ2) is 10.8. The Morgan fingerprint density at radius 3 is 2.67 bits per heavy atom. The third-order valence-corrected chi connectivity index (χ3v) is 4.78. The average Bonchev–Trinajstić information content (AvgIpc) is 3.12. The van der Waals surface area contributed by atoms with Crippen LogP contribution in [-0.4, -0.2) is 43.1 Å². The molecular formula is C19H26N4O3S. The first kappa shape index (κ1) is 21.0. The topological polar surface area (TPSA) is 106 Å². The third kappa shape index (κ3) is 7.09. The van der Waals surface area contributed by atoms with Crippen LogP contribution in [0.5, 0.6) is 0 Å². The Labute approximate surface area is 163 Å². The minimum atomic E-state index is -0.289. The molecule has 0 fully saturated rings. The van der Waals surface area contributed by atoms with E-state index in [9.17, 15) is 9.59 Å². The van der Waals surface area contributed by atoms with Gasteiger partial charge in [0.25, 0.3) is 0 Å². The molecule has 2 aromatic rings. The second-order valence-corrected chi connectivity index (χ2v) is 7.03. The first-order valence-electron chi connectivity index (χ1n) is 8.83. The lowest BCUT2D eigenvalue weighted by Crippen LogP contribution is -2.28. The summed E-state index contributed by atoms with van der Waals surface area (Å²) < 4.78 is 5.12. The zero-order valence-corrected chi connectivity index (χ0v) is 16.5. The maximum absolute atomic E-state index is 12.0. The van der Waals surface area contributed by atoms with Gasteiger partial charge in [-0.3, -0.25) is 9.59 Å². The molecule has 0 spiro atoms. The molecule has 4 N–H and O–H groups in total. The van der Waals surface area contributed by atoms with Crippen molar-refractivity contribution in [1.29, 1.82) is 0 Å². The van der Waals surface area contributed by atoms with Crippen LogP contribution in [0.4, 0.5) is 5.13 Å². The van der Waals surface area contributed by atoms with Crippen molar-refractivity contribution >= 4 is 28.3 Å². The largest absolute Gasteiger partial charge is 0.380 e. The Morgan fingerprint density at radius 1 is 1.30 bits per heavy atom. The van der Waals surface area contributed by atoms with E-state index in [4.69, 9.17) is 10.5 Å². The summed E-state index contributed by atoms with van der Waals surface area (Å²) in [5.74, 6) is -0.166. The summed E-state index contributed by atoms with van der Waals surface area (Å²) in [6, 6.07) is 8.16. The lowest BCUT2D eigenvalue weighted by atomic mass is 10.1. The van der Waals surface area contributed by atoms with Crippen molar-refractivity contribution in [2.75, 3.05) is 25.5 Å². The van der Waals surface area contributed by atoms with E-state index >= 15 is 0 Å². The van der Waals surface area contributed by atoms with Crippen LogP contribution in [0.2, 0.25) is 0 Å². The van der Waals surface area contributed by atoms with Gasteiger partial charge in [-0.2, -0.15) is 0 Å². The summed E-state index contributed by atoms with van der Waals surface area (Å²) in [6.07, 6.45) is 1.72. The molecule has 2 amide bonds. The number of amides is 2. The SMILES string of the molecule is COC(CN)CC(=O)Nc1nc(-c2ccc(CCCNC(C)=O)cc2)cs1. The van der Waals surface area contributed by atoms with Gasteiger partial charge < -0.3 is 21.1 Å². The smallest absolute Gasteiger partial charge is 0.228 e. The van der Waals surface area contributed by atoms with Gasteiger partial charge >= 0.3 is 0 Å². The molecule has 146 valence electrons. The Kier molecular flexibility index (Phi) is 8.38. The molecule has 1 atom stereocenters. The Morgan fingerprint density at radius 2 is 2.04 bits per heavy atom. The van der Waals surface area contributed by atoms with Crippen LogP contribution in [0, 0.1) is 0 Å². The minimum absolute atomic E-state index is 0.00227. The predicted octanol–water partition coefficient (Wildman–Crippen LogP) is 2.18. The third-order valence-electron chi connectivity index (χ3n) is 4.03. The van der Waals surface area contributed by atoms with Crippen molar-refractivity contribution in [3.63, 3.8) is 0 Å². The monoisotopic (exact) mass is 390 g/mol. The fourth-order valence-corrected chi connectivity index (χ4v) is 3.24. The zero-order chi connectivity index (χ0) is 19.6. The molecule has 1 heterocycles. The number of hydrogen-bond acceptors (Lipinski definition) is 6. The fraction of sp³-hybridized carbons (Fsp3) is 0.421. The van der Waals surface area contributed by atoms with Gasteiger partial charge in [0.15, 0.2) is 5.13 Å². The number of nitrogens with one attached hydrogen (secondary N) is 2. The lowest BCUT2D eigenvalue weighted by molar-refractivity contribution is -0.119. The summed E-state index contributed by atoms with van der Waals surface area (Å²) in [5, 5.41) is 8.05. The molecule has 0 saturated carbocycles. The van der Waals surface area contributed by atoms with Crippen molar-refractivity contribution < 1.29 is 14.3 Å². The van der Waals surface area contributed by atoms with Crippen LogP contribution in [0.15, 0.2) is 29.6 Å². The zero-order valence-electron chi connectivity index (χ0n) is 15.7. The number of hydrogen-bond donors (Lipinski definition) is 3. The number of benzene rings is 1. The van der Waals surface area contributed by atoms with Crippen LogP contribution < -0.4 is 16.4 Å². The van der Waals surface area contributed by atoms with Crippen LogP contribution in [0.3, 0.4) is 0 Å². The molecule has 0 aliphatic heterocycles. The number of carbonyl (C=O) groups excluding carboxylic acids is 2. The Balaban J connectivity index is 1.88. The second-order valence-electron chi connectivity index (χ2n) is 6.17. The fourth-order valence-electron chi connectivity index (χ4n) is 2.50. The van der Waals surface area contributed by atoms with Gasteiger partial charge in [0, 0.05) is 38.1 Å². The molecule has 27 heavy (non-hydrogen) atoms. The van der Waals surface area contributed by atoms with Crippen molar-refractivity contribution in [2.24, 2.45) is 5.73 Å². The van der Waals surface area contributed by atoms with Crippen molar-refractivity contribution in [1.82, 2.24) is 10.3 Å². The van der Waals surface area contributed by atoms with Gasteiger partial charge in [-0.05, 0) is 18.4 Å². The quantitative estimate of drug-likeness (QED) is 0.539. The maximum atomic E-state index is 12.0. The number of aryl methyl sites for hydroxylation is 1. The molecule has 0 radical (unpaired) electrons. The van der Waals surface area contributed by atoms with E-state index in [2.05, 4.69) is 27.8 Å². The number of aromatic nitrogens is 1. The predicted molar refractivity (Wildman–Crippen MR) is 108 cm³/mol. The van der Waals surface area contributed by atoms with Crippen LogP contribution in [0.1, 0.15) is 25.3 Å². The maximum Gasteiger partial charge on any atom is 0.228 e. The number of nitrogens with two attached hydrogens (primary N) is 1. The van der Waals surface area contributed by atoms with Gasteiger partial charge in [0.1, 0.15) is 0 Å². The molecule has 1 aromatic carbocycles. The van der Waals surface area contributed by atoms with Crippen LogP contribution in [0.25, 0.3) is 11.3 Å². The van der Waals surface area contributed by atoms with Crippen molar-refractivity contribution in [3.05, 3.63) is 35.2 Å². The van der Waals surface area contributed by atoms with Gasteiger partial charge in [-0.15, -0.1) is 11.3 Å². The van der Waals surface area contributed by atoms with E-state index in [1.807, 2.05) is 17.5 Å². The van der Waals surface area contributed by atoms with Crippen LogP contribution >= 0.6 is 11.3 Å². The van der Waals surface area contributed by atoms with Gasteiger partial charge in [0.2, 0.25) is 11.8 Å². The first-order chi connectivity index (χ1) is 13.0. The molecule has 8 heteroatoms. The molecule has 1 aromatic heterocycles. The number of methoxy groups -OCH3 is 1. The highest BCUT2D eigenvalue weighted by atomic mass is 32.1. The molecule has 0 aliphatic carbocycles. The van der Waals surface area contributed by atoms with E-state index in [0.29, 0.717) is 18.2 Å². The number of rotatable bonds is 10. The summed E-state index contributed by atoms with van der Waals surface area (Å²) >= 11 is 1.38. The van der Waals surface area contributed by atoms with E-state index in [1.165, 1.54) is 30.9 Å². The van der Waals surface area contributed by atoms with E-state index in [-0.39, 0.29) is 24.3 Å². The summed E-state index contributed by atoms with van der Waals surface area (Å²) in [5.41, 5.74) is 8.56. The van der Waals surface area contributed by atoms with Gasteiger partial charge in [0.05, 0.1) is 18.2 Å². The summed E-state index contributed by atoms with van der Waals surface area (Å²) in [7, 11) is 1.54. The van der Waals surface area contributed by atoms with Crippen molar-refractivity contribution in [3.8, 4) is 11.3 Å². The van der Waals surface area contributed by atoms with Gasteiger partial charge in [-0.1, -0.05) is 24.3 Å². The highest BCUT2D eigenvalue weighted by Crippen LogP contribution is 2.25. The number of thiazole rings is 1. The summed E-state index contributed by atoms with van der Waals surface area (Å²) in [4.78, 5) is 27.3. The lowest BCUT2D eigenvalue weighted by Gasteiger charge is -2.11. The molecule has 7 nitrogen and oxygen atoms in total. The first-order valence-corrected chi connectivity index (χ1v) is 9.71. The Bertz CT molecular complexity index is 742. The molecule has 0 saturated heterocycles. The molecule has 0 bridgehead atoms. The number of ether oxygens (including phenoxy) is 1. The molecule has 2 rings (SSSR count). The van der Waals surface area contributed by atoms with E-state index in [1.54, 1.807) is 0 Å².